The Bertz CT molecular complexity index is 602. The Morgan fingerprint density at radius 2 is 2.21 bits per heavy atom. The highest BCUT2D eigenvalue weighted by Crippen LogP contribution is 2.45. The lowest BCUT2D eigenvalue weighted by Gasteiger charge is -2.12. The van der Waals surface area contributed by atoms with Gasteiger partial charge in [-0.25, -0.2) is 10.8 Å². The summed E-state index contributed by atoms with van der Waals surface area (Å²) in [6, 6.07) is 2.18. The van der Waals surface area contributed by atoms with E-state index in [0.29, 0.717) is 11.4 Å². The highest BCUT2D eigenvalue weighted by molar-refractivity contribution is 7.18. The van der Waals surface area contributed by atoms with Crippen LogP contribution in [0.4, 0.5) is 11.8 Å². The first kappa shape index (κ1) is 12.6. The highest BCUT2D eigenvalue weighted by Gasteiger charge is 2.37. The smallest absolute Gasteiger partial charge is 0.240 e. The lowest BCUT2D eigenvalue weighted by molar-refractivity contribution is 0.610. The number of aromatic nitrogens is 2. The second kappa shape index (κ2) is 4.61. The van der Waals surface area contributed by atoms with Crippen molar-refractivity contribution in [1.82, 2.24) is 9.97 Å². The van der Waals surface area contributed by atoms with Crippen LogP contribution >= 0.6 is 11.3 Å². The molecule has 0 aliphatic heterocycles. The van der Waals surface area contributed by atoms with Crippen molar-refractivity contribution >= 4 is 33.3 Å². The van der Waals surface area contributed by atoms with Crippen molar-refractivity contribution in [2.45, 2.75) is 33.1 Å². The molecule has 2 aromatic heterocycles. The van der Waals surface area contributed by atoms with Crippen molar-refractivity contribution in [1.29, 1.82) is 0 Å². The fraction of sp³-hybridized carbons (Fsp3) is 0.538. The molecule has 1 aliphatic rings. The number of nitrogens with one attached hydrogen (secondary N) is 2. The Labute approximate surface area is 116 Å². The van der Waals surface area contributed by atoms with Gasteiger partial charge in [0.15, 0.2) is 0 Å². The van der Waals surface area contributed by atoms with Gasteiger partial charge in [0, 0.05) is 11.4 Å². The molecule has 19 heavy (non-hydrogen) atoms. The van der Waals surface area contributed by atoms with Crippen LogP contribution < -0.4 is 16.6 Å². The number of hydrazine groups is 1. The maximum atomic E-state index is 5.45. The molecule has 0 unspecified atom stereocenters. The maximum Gasteiger partial charge on any atom is 0.240 e. The van der Waals surface area contributed by atoms with Gasteiger partial charge in [0.1, 0.15) is 10.6 Å². The summed E-state index contributed by atoms with van der Waals surface area (Å²) in [5.74, 6) is 6.81. The zero-order valence-corrected chi connectivity index (χ0v) is 12.1. The fourth-order valence-electron chi connectivity index (χ4n) is 2.03. The summed E-state index contributed by atoms with van der Waals surface area (Å²) in [6.07, 6.45) is 3.60. The van der Waals surface area contributed by atoms with Gasteiger partial charge in [0.25, 0.3) is 0 Å². The molecule has 1 fully saturated rings. The molecule has 1 saturated carbocycles. The number of nitrogens with zero attached hydrogens (tertiary/aromatic N) is 2. The van der Waals surface area contributed by atoms with Crippen molar-refractivity contribution in [3.63, 3.8) is 0 Å². The van der Waals surface area contributed by atoms with Crippen molar-refractivity contribution in [3.05, 3.63) is 10.9 Å². The van der Waals surface area contributed by atoms with Crippen molar-refractivity contribution in [2.24, 2.45) is 11.3 Å². The van der Waals surface area contributed by atoms with Gasteiger partial charge in [-0.1, -0.05) is 13.8 Å². The lowest BCUT2D eigenvalue weighted by Crippen LogP contribution is -2.15. The van der Waals surface area contributed by atoms with Gasteiger partial charge in [-0.2, -0.15) is 4.98 Å². The molecule has 0 amide bonds. The van der Waals surface area contributed by atoms with Gasteiger partial charge in [-0.3, -0.25) is 5.43 Å². The highest BCUT2D eigenvalue weighted by atomic mass is 32.1. The van der Waals surface area contributed by atoms with Crippen molar-refractivity contribution in [2.75, 3.05) is 17.3 Å². The van der Waals surface area contributed by atoms with Gasteiger partial charge >= 0.3 is 0 Å². The van der Waals surface area contributed by atoms with E-state index >= 15 is 0 Å². The molecular weight excluding hydrogens is 258 g/mol. The number of nitrogen functional groups attached to an aromatic ring is 1. The monoisotopic (exact) mass is 277 g/mol. The summed E-state index contributed by atoms with van der Waals surface area (Å²) in [4.78, 5) is 11.2. The van der Waals surface area contributed by atoms with Crippen molar-refractivity contribution in [3.8, 4) is 0 Å². The summed E-state index contributed by atoms with van der Waals surface area (Å²) in [7, 11) is 0. The summed E-state index contributed by atoms with van der Waals surface area (Å²) in [5.41, 5.74) is 2.99. The molecule has 5 nitrogen and oxygen atoms in total. The first-order valence-electron chi connectivity index (χ1n) is 6.64. The van der Waals surface area contributed by atoms with E-state index in [9.17, 15) is 0 Å². The van der Waals surface area contributed by atoms with E-state index in [1.807, 2.05) is 0 Å². The van der Waals surface area contributed by atoms with Crippen LogP contribution in [0.25, 0.3) is 10.2 Å². The summed E-state index contributed by atoms with van der Waals surface area (Å²) in [6.45, 7) is 5.41. The standard InChI is InChI=1S/C13H19N5S/c1-3-8-6-9-10(15-7-13(2)4-5-13)16-12(18-14)17-11(9)19-8/h6H,3-5,7,14H2,1-2H3,(H2,15,16,17,18). The average Bonchev–Trinajstić information content (AvgIpc) is 3.01. The minimum Gasteiger partial charge on any atom is -0.369 e. The molecule has 4 N–H and O–H groups in total. The molecule has 0 atom stereocenters. The Morgan fingerprint density at radius 1 is 1.42 bits per heavy atom. The second-order valence-corrected chi connectivity index (χ2v) is 6.60. The topological polar surface area (TPSA) is 75.9 Å². The van der Waals surface area contributed by atoms with Crippen LogP contribution in [0.2, 0.25) is 0 Å². The SMILES string of the molecule is CCc1cc2c(NCC3(C)CC3)nc(NN)nc2s1. The van der Waals surface area contributed by atoms with Gasteiger partial charge in [-0.05, 0) is 30.7 Å². The quantitative estimate of drug-likeness (QED) is 0.579. The summed E-state index contributed by atoms with van der Waals surface area (Å²) in [5, 5.41) is 4.56. The van der Waals surface area contributed by atoms with Gasteiger partial charge in [0.05, 0.1) is 5.39 Å². The van der Waals surface area contributed by atoms with Gasteiger partial charge < -0.3 is 5.32 Å². The van der Waals surface area contributed by atoms with Crippen LogP contribution in [0.3, 0.4) is 0 Å². The third-order valence-corrected chi connectivity index (χ3v) is 4.88. The van der Waals surface area contributed by atoms with Crippen LogP contribution in [-0.2, 0) is 6.42 Å². The number of anilines is 2. The molecule has 0 radical (unpaired) electrons. The Morgan fingerprint density at radius 3 is 2.84 bits per heavy atom. The molecule has 0 aromatic carbocycles. The lowest BCUT2D eigenvalue weighted by atomic mass is 10.1. The molecule has 2 aromatic rings. The van der Waals surface area contributed by atoms with Gasteiger partial charge in [-0.15, -0.1) is 11.3 Å². The predicted molar refractivity (Wildman–Crippen MR) is 80.4 cm³/mol. The number of hydrogen-bond acceptors (Lipinski definition) is 6. The zero-order valence-electron chi connectivity index (χ0n) is 11.3. The zero-order chi connectivity index (χ0) is 13.5. The van der Waals surface area contributed by atoms with E-state index in [1.54, 1.807) is 11.3 Å². The Kier molecular flexibility index (Phi) is 3.06. The third-order valence-electron chi connectivity index (χ3n) is 3.71. The van der Waals surface area contributed by atoms with E-state index in [1.165, 1.54) is 17.7 Å². The largest absolute Gasteiger partial charge is 0.369 e. The number of nitrogens with two attached hydrogens (primary N) is 1. The molecule has 1 aliphatic carbocycles. The van der Waals surface area contributed by atoms with Crippen LogP contribution in [0.5, 0.6) is 0 Å². The molecule has 6 heteroatoms. The average molecular weight is 277 g/mol. The van der Waals surface area contributed by atoms with Crippen LogP contribution in [0, 0.1) is 5.41 Å². The molecule has 0 saturated heterocycles. The summed E-state index contributed by atoms with van der Waals surface area (Å²) < 4.78 is 0. The molecule has 0 spiro atoms. The first-order valence-corrected chi connectivity index (χ1v) is 7.46. The van der Waals surface area contributed by atoms with E-state index in [-0.39, 0.29) is 0 Å². The van der Waals surface area contributed by atoms with Crippen LogP contribution in [0.1, 0.15) is 31.6 Å². The number of fused-ring (bicyclic) bond motifs is 1. The fourth-order valence-corrected chi connectivity index (χ4v) is 3.00. The van der Waals surface area contributed by atoms with Gasteiger partial charge in [0.2, 0.25) is 5.95 Å². The number of rotatable bonds is 5. The predicted octanol–water partition coefficient (Wildman–Crippen LogP) is 2.75. The minimum absolute atomic E-state index is 0.442. The molecular formula is C13H19N5S. The van der Waals surface area contributed by atoms with Crippen LogP contribution in [-0.4, -0.2) is 16.5 Å². The number of thiophene rings is 1. The van der Waals surface area contributed by atoms with E-state index in [4.69, 9.17) is 5.84 Å². The molecule has 3 rings (SSSR count). The van der Waals surface area contributed by atoms with E-state index in [0.717, 1.165) is 29.0 Å². The number of hydrogen-bond donors (Lipinski definition) is 3. The molecule has 2 heterocycles. The summed E-state index contributed by atoms with van der Waals surface area (Å²) >= 11 is 1.70. The second-order valence-electron chi connectivity index (χ2n) is 5.49. The van der Waals surface area contributed by atoms with Crippen LogP contribution in [0.15, 0.2) is 6.07 Å². The molecule has 102 valence electrons. The number of aryl methyl sites for hydroxylation is 1. The maximum absolute atomic E-state index is 5.45. The third kappa shape index (κ3) is 2.50. The van der Waals surface area contributed by atoms with E-state index < -0.39 is 0 Å². The first-order chi connectivity index (χ1) is 9.13. The minimum atomic E-state index is 0.442. The Balaban J connectivity index is 1.96. The Hall–Kier alpha value is -1.40. The normalized spacial score (nSPS) is 16.6. The van der Waals surface area contributed by atoms with E-state index in [2.05, 4.69) is 40.6 Å². The van der Waals surface area contributed by atoms with Crippen molar-refractivity contribution < 1.29 is 0 Å². The molecule has 0 bridgehead atoms.